The second-order valence-corrected chi connectivity index (χ2v) is 7.26. The van der Waals surface area contributed by atoms with Crippen LogP contribution in [0.5, 0.6) is 0 Å². The van der Waals surface area contributed by atoms with Gasteiger partial charge in [0.05, 0.1) is 36.8 Å². The summed E-state index contributed by atoms with van der Waals surface area (Å²) in [6.45, 7) is 6.73. The molecular formula is C19H24N4O5S. The lowest BCUT2D eigenvalue weighted by atomic mass is 10.1. The fourth-order valence-electron chi connectivity index (χ4n) is 2.63. The van der Waals surface area contributed by atoms with Crippen LogP contribution in [0.4, 0.5) is 5.69 Å². The Balaban J connectivity index is 2.17. The van der Waals surface area contributed by atoms with Crippen LogP contribution in [0.1, 0.15) is 53.2 Å². The van der Waals surface area contributed by atoms with Gasteiger partial charge < -0.3 is 19.4 Å². The van der Waals surface area contributed by atoms with E-state index in [1.54, 1.807) is 0 Å². The molecule has 2 rings (SSSR count). The lowest BCUT2D eigenvalue weighted by Gasteiger charge is -2.12. The van der Waals surface area contributed by atoms with E-state index >= 15 is 0 Å². The molecule has 0 saturated carbocycles. The van der Waals surface area contributed by atoms with Crippen LogP contribution in [0.2, 0.25) is 0 Å². The molecule has 9 nitrogen and oxygen atoms in total. The van der Waals surface area contributed by atoms with Crippen molar-refractivity contribution >= 4 is 35.3 Å². The number of rotatable bonds is 8. The van der Waals surface area contributed by atoms with Gasteiger partial charge in [0.15, 0.2) is 5.16 Å². The molecule has 1 heterocycles. The fraction of sp³-hybridized carbons (Fsp3) is 0.421. The van der Waals surface area contributed by atoms with Crippen LogP contribution in [-0.4, -0.2) is 52.6 Å². The van der Waals surface area contributed by atoms with E-state index in [1.165, 1.54) is 44.2 Å². The summed E-state index contributed by atoms with van der Waals surface area (Å²) in [5.74, 6) is -0.443. The van der Waals surface area contributed by atoms with E-state index in [2.05, 4.69) is 20.3 Å². The van der Waals surface area contributed by atoms with Crippen LogP contribution < -0.4 is 5.32 Å². The molecule has 0 saturated heterocycles. The van der Waals surface area contributed by atoms with Crippen LogP contribution >= 0.6 is 11.8 Å². The zero-order valence-electron chi connectivity index (χ0n) is 17.0. The molecule has 29 heavy (non-hydrogen) atoms. The predicted octanol–water partition coefficient (Wildman–Crippen LogP) is 2.73. The molecule has 2 aromatic rings. The van der Waals surface area contributed by atoms with Crippen LogP contribution in [0.15, 0.2) is 23.4 Å². The Morgan fingerprint density at radius 2 is 1.83 bits per heavy atom. The highest BCUT2D eigenvalue weighted by Gasteiger charge is 2.19. The number of nitrogens with one attached hydrogen (secondary N) is 1. The maximum Gasteiger partial charge on any atom is 0.339 e. The standard InChI is InChI=1S/C19H24N4O5S/c1-6-23-16(11(2)3)21-22-19(23)29-10-15(24)20-14-9-12(17(25)27-4)7-8-13(14)18(26)28-5/h7-9,11H,6,10H2,1-5H3,(H,20,24). The number of benzene rings is 1. The van der Waals surface area contributed by atoms with Gasteiger partial charge in [-0.1, -0.05) is 25.6 Å². The normalized spacial score (nSPS) is 10.7. The van der Waals surface area contributed by atoms with Crippen molar-refractivity contribution in [2.75, 3.05) is 25.3 Å². The second-order valence-electron chi connectivity index (χ2n) is 6.32. The summed E-state index contributed by atoms with van der Waals surface area (Å²) < 4.78 is 11.4. The van der Waals surface area contributed by atoms with Crippen molar-refractivity contribution in [3.05, 3.63) is 35.2 Å². The Labute approximate surface area is 173 Å². The van der Waals surface area contributed by atoms with Crippen LogP contribution in [0, 0.1) is 0 Å². The molecule has 1 amide bonds. The number of anilines is 1. The third-order valence-electron chi connectivity index (χ3n) is 4.03. The van der Waals surface area contributed by atoms with Gasteiger partial charge in [-0.25, -0.2) is 9.59 Å². The zero-order chi connectivity index (χ0) is 21.6. The molecule has 0 bridgehead atoms. The number of esters is 2. The smallest absolute Gasteiger partial charge is 0.339 e. The number of hydrogen-bond acceptors (Lipinski definition) is 8. The quantitative estimate of drug-likeness (QED) is 0.512. The van der Waals surface area contributed by atoms with Gasteiger partial charge >= 0.3 is 11.9 Å². The molecule has 0 aliphatic heterocycles. The van der Waals surface area contributed by atoms with Gasteiger partial charge in [-0.2, -0.15) is 0 Å². The molecule has 10 heteroatoms. The number of hydrogen-bond donors (Lipinski definition) is 1. The first-order valence-electron chi connectivity index (χ1n) is 8.98. The van der Waals surface area contributed by atoms with E-state index in [0.717, 1.165) is 5.82 Å². The van der Waals surface area contributed by atoms with Crippen molar-refractivity contribution in [2.45, 2.75) is 38.4 Å². The first-order chi connectivity index (χ1) is 13.8. The molecule has 156 valence electrons. The predicted molar refractivity (Wildman–Crippen MR) is 108 cm³/mol. The number of methoxy groups -OCH3 is 2. The number of aromatic nitrogens is 3. The number of nitrogens with zero attached hydrogens (tertiary/aromatic N) is 3. The molecule has 0 spiro atoms. The molecule has 0 fully saturated rings. The molecule has 0 aliphatic carbocycles. The molecular weight excluding hydrogens is 396 g/mol. The first-order valence-corrected chi connectivity index (χ1v) is 9.97. The Morgan fingerprint density at radius 1 is 1.14 bits per heavy atom. The zero-order valence-corrected chi connectivity index (χ0v) is 17.8. The van der Waals surface area contributed by atoms with E-state index in [-0.39, 0.29) is 34.4 Å². The van der Waals surface area contributed by atoms with E-state index in [4.69, 9.17) is 4.74 Å². The molecule has 1 N–H and O–H groups in total. The van der Waals surface area contributed by atoms with Gasteiger partial charge in [0.25, 0.3) is 0 Å². The highest BCUT2D eigenvalue weighted by atomic mass is 32.2. The molecule has 0 radical (unpaired) electrons. The largest absolute Gasteiger partial charge is 0.465 e. The topological polar surface area (TPSA) is 112 Å². The van der Waals surface area contributed by atoms with E-state index in [1.807, 2.05) is 25.3 Å². The Bertz CT molecular complexity index is 910. The monoisotopic (exact) mass is 420 g/mol. The van der Waals surface area contributed by atoms with E-state index in [9.17, 15) is 14.4 Å². The summed E-state index contributed by atoms with van der Waals surface area (Å²) in [5.41, 5.74) is 0.512. The number of carbonyl (C=O) groups excluding carboxylic acids is 3. The van der Waals surface area contributed by atoms with E-state index in [0.29, 0.717) is 11.7 Å². The number of carbonyl (C=O) groups is 3. The fourth-order valence-corrected chi connectivity index (χ4v) is 3.44. The van der Waals surface area contributed by atoms with Crippen molar-refractivity contribution in [1.29, 1.82) is 0 Å². The highest BCUT2D eigenvalue weighted by Crippen LogP contribution is 2.23. The second kappa shape index (κ2) is 10.1. The average Bonchev–Trinajstić information content (AvgIpc) is 3.14. The van der Waals surface area contributed by atoms with E-state index < -0.39 is 11.9 Å². The number of ether oxygens (including phenoxy) is 2. The molecule has 0 unspecified atom stereocenters. The lowest BCUT2D eigenvalue weighted by Crippen LogP contribution is -2.18. The number of amides is 1. The highest BCUT2D eigenvalue weighted by molar-refractivity contribution is 7.99. The summed E-state index contributed by atoms with van der Waals surface area (Å²) in [7, 11) is 2.49. The van der Waals surface area contributed by atoms with Crippen molar-refractivity contribution < 1.29 is 23.9 Å². The third-order valence-corrected chi connectivity index (χ3v) is 5.00. The number of thioether (sulfide) groups is 1. The lowest BCUT2D eigenvalue weighted by molar-refractivity contribution is -0.113. The molecule has 0 atom stereocenters. The SMILES string of the molecule is CCn1c(SCC(=O)Nc2cc(C(=O)OC)ccc2C(=O)OC)nnc1C(C)C. The van der Waals surface area contributed by atoms with Crippen molar-refractivity contribution in [3.8, 4) is 0 Å². The Hall–Kier alpha value is -2.88. The minimum atomic E-state index is -0.628. The Kier molecular flexibility index (Phi) is 7.77. The third kappa shape index (κ3) is 5.35. The molecule has 1 aromatic carbocycles. The maximum atomic E-state index is 12.5. The van der Waals surface area contributed by atoms with Gasteiger partial charge in [-0.15, -0.1) is 10.2 Å². The minimum Gasteiger partial charge on any atom is -0.465 e. The van der Waals surface area contributed by atoms with Crippen LogP contribution in [0.3, 0.4) is 0 Å². The Morgan fingerprint density at radius 3 is 2.41 bits per heavy atom. The van der Waals surface area contributed by atoms with Crippen molar-refractivity contribution in [1.82, 2.24) is 14.8 Å². The van der Waals surface area contributed by atoms with Gasteiger partial charge in [0.1, 0.15) is 5.82 Å². The van der Waals surface area contributed by atoms with Crippen LogP contribution in [-0.2, 0) is 20.8 Å². The van der Waals surface area contributed by atoms with Crippen LogP contribution in [0.25, 0.3) is 0 Å². The van der Waals surface area contributed by atoms with Gasteiger partial charge in [0.2, 0.25) is 5.91 Å². The van der Waals surface area contributed by atoms with Gasteiger partial charge in [-0.3, -0.25) is 4.79 Å². The summed E-state index contributed by atoms with van der Waals surface area (Å²) in [6, 6.07) is 4.22. The summed E-state index contributed by atoms with van der Waals surface area (Å²) in [4.78, 5) is 36.2. The minimum absolute atomic E-state index is 0.0549. The summed E-state index contributed by atoms with van der Waals surface area (Å²) in [5, 5.41) is 11.6. The molecule has 1 aromatic heterocycles. The van der Waals surface area contributed by atoms with Gasteiger partial charge in [0, 0.05) is 12.5 Å². The average molecular weight is 420 g/mol. The first kappa shape index (κ1) is 22.4. The summed E-state index contributed by atoms with van der Waals surface area (Å²) >= 11 is 1.24. The maximum absolute atomic E-state index is 12.5. The van der Waals surface area contributed by atoms with Crippen molar-refractivity contribution in [2.24, 2.45) is 0 Å². The molecule has 0 aliphatic rings. The summed E-state index contributed by atoms with van der Waals surface area (Å²) in [6.07, 6.45) is 0. The van der Waals surface area contributed by atoms with Gasteiger partial charge in [-0.05, 0) is 25.1 Å². The van der Waals surface area contributed by atoms with Crippen molar-refractivity contribution in [3.63, 3.8) is 0 Å².